The summed E-state index contributed by atoms with van der Waals surface area (Å²) in [7, 11) is 1.49. The Labute approximate surface area is 153 Å². The summed E-state index contributed by atoms with van der Waals surface area (Å²) in [5.41, 5.74) is 0.329. The zero-order valence-electron chi connectivity index (χ0n) is 14.9. The predicted octanol–water partition coefficient (Wildman–Crippen LogP) is 2.78. The summed E-state index contributed by atoms with van der Waals surface area (Å²) in [5, 5.41) is 5.87. The van der Waals surface area contributed by atoms with Crippen molar-refractivity contribution in [1.29, 1.82) is 0 Å². The third-order valence-electron chi connectivity index (χ3n) is 3.89. The Bertz CT molecular complexity index is 634. The molecule has 0 bridgehead atoms. The lowest BCUT2D eigenvalue weighted by Gasteiger charge is -2.17. The van der Waals surface area contributed by atoms with E-state index in [0.29, 0.717) is 47.6 Å². The second kappa shape index (κ2) is 8.94. The van der Waals surface area contributed by atoms with Gasteiger partial charge in [0.1, 0.15) is 6.04 Å². The number of ether oxygens (including phenoxy) is 2. The second-order valence-electron chi connectivity index (χ2n) is 6.51. The Morgan fingerprint density at radius 2 is 2.16 bits per heavy atom. The molecule has 2 N–H and O–H groups in total. The van der Waals surface area contributed by atoms with Crippen LogP contribution in [0.2, 0.25) is 5.02 Å². The number of nitrogens with one attached hydrogen (secondary N) is 2. The molecule has 0 aliphatic carbocycles. The molecular weight excluding hydrogens is 344 g/mol. The van der Waals surface area contributed by atoms with Crippen molar-refractivity contribution in [2.75, 3.05) is 20.3 Å². The molecule has 0 saturated carbocycles. The molecule has 0 radical (unpaired) electrons. The van der Waals surface area contributed by atoms with Crippen molar-refractivity contribution >= 4 is 23.4 Å². The molecule has 25 heavy (non-hydrogen) atoms. The fraction of sp³-hybridized carbons (Fsp3) is 0.556. The Kier molecular flexibility index (Phi) is 6.93. The molecule has 1 saturated heterocycles. The molecule has 7 heteroatoms. The predicted molar refractivity (Wildman–Crippen MR) is 96.5 cm³/mol. The van der Waals surface area contributed by atoms with Gasteiger partial charge < -0.3 is 20.1 Å². The molecule has 1 aliphatic rings. The average Bonchev–Trinajstić information content (AvgIpc) is 2.77. The topological polar surface area (TPSA) is 76.7 Å². The normalized spacial score (nSPS) is 17.6. The van der Waals surface area contributed by atoms with Crippen LogP contribution in [0.15, 0.2) is 12.1 Å². The number of benzene rings is 1. The maximum atomic E-state index is 12.5. The minimum Gasteiger partial charge on any atom is -0.493 e. The molecule has 0 aromatic heterocycles. The third-order valence-corrected chi connectivity index (χ3v) is 4.17. The van der Waals surface area contributed by atoms with Crippen molar-refractivity contribution in [1.82, 2.24) is 10.6 Å². The first-order valence-corrected chi connectivity index (χ1v) is 8.89. The number of halogens is 1. The third kappa shape index (κ3) is 5.26. The van der Waals surface area contributed by atoms with Crippen LogP contribution in [0.3, 0.4) is 0 Å². The number of amides is 2. The molecule has 1 atom stereocenters. The van der Waals surface area contributed by atoms with Gasteiger partial charge >= 0.3 is 0 Å². The lowest BCUT2D eigenvalue weighted by atomic mass is 10.1. The fourth-order valence-corrected chi connectivity index (χ4v) is 2.82. The SMILES string of the molecule is COc1cc(C(=O)NC2CCCCNC2=O)cc(Cl)c1OCC(C)C. The van der Waals surface area contributed by atoms with Crippen LogP contribution in [0.5, 0.6) is 11.5 Å². The summed E-state index contributed by atoms with van der Waals surface area (Å²) < 4.78 is 11.0. The van der Waals surface area contributed by atoms with Crippen molar-refractivity contribution in [3.63, 3.8) is 0 Å². The molecule has 1 heterocycles. The van der Waals surface area contributed by atoms with E-state index in [-0.39, 0.29) is 11.8 Å². The van der Waals surface area contributed by atoms with Crippen LogP contribution in [-0.2, 0) is 4.79 Å². The van der Waals surface area contributed by atoms with Gasteiger partial charge in [0.15, 0.2) is 11.5 Å². The van der Waals surface area contributed by atoms with E-state index in [9.17, 15) is 9.59 Å². The minimum atomic E-state index is -0.531. The van der Waals surface area contributed by atoms with Crippen LogP contribution in [0.25, 0.3) is 0 Å². The van der Waals surface area contributed by atoms with Gasteiger partial charge in [-0.2, -0.15) is 0 Å². The number of hydrogen-bond donors (Lipinski definition) is 2. The highest BCUT2D eigenvalue weighted by molar-refractivity contribution is 6.32. The van der Waals surface area contributed by atoms with Crippen molar-refractivity contribution in [2.24, 2.45) is 5.92 Å². The van der Waals surface area contributed by atoms with Crippen molar-refractivity contribution in [3.05, 3.63) is 22.7 Å². The number of methoxy groups -OCH3 is 1. The monoisotopic (exact) mass is 368 g/mol. The maximum Gasteiger partial charge on any atom is 0.252 e. The molecule has 0 spiro atoms. The van der Waals surface area contributed by atoms with Gasteiger partial charge in [0.05, 0.1) is 18.7 Å². The lowest BCUT2D eigenvalue weighted by Crippen LogP contribution is -2.45. The maximum absolute atomic E-state index is 12.5. The first kappa shape index (κ1) is 19.4. The Hall–Kier alpha value is -1.95. The number of carbonyl (C=O) groups excluding carboxylic acids is 2. The van der Waals surface area contributed by atoms with Gasteiger partial charge in [0, 0.05) is 12.1 Å². The quantitative estimate of drug-likeness (QED) is 0.809. The van der Waals surface area contributed by atoms with Gasteiger partial charge in [0.25, 0.3) is 5.91 Å². The van der Waals surface area contributed by atoms with Gasteiger partial charge in [0.2, 0.25) is 5.91 Å². The fourth-order valence-electron chi connectivity index (χ4n) is 2.56. The molecular formula is C18H25ClN2O4. The second-order valence-corrected chi connectivity index (χ2v) is 6.91. The summed E-state index contributed by atoms with van der Waals surface area (Å²) >= 11 is 6.27. The molecule has 1 unspecified atom stereocenters. The van der Waals surface area contributed by atoms with Gasteiger partial charge in [-0.25, -0.2) is 0 Å². The summed E-state index contributed by atoms with van der Waals surface area (Å²) in [5.74, 6) is 0.626. The van der Waals surface area contributed by atoms with Crippen LogP contribution in [0.4, 0.5) is 0 Å². The zero-order chi connectivity index (χ0) is 18.4. The van der Waals surface area contributed by atoms with E-state index in [4.69, 9.17) is 21.1 Å². The van der Waals surface area contributed by atoms with Crippen LogP contribution >= 0.6 is 11.6 Å². The van der Waals surface area contributed by atoms with E-state index in [1.807, 2.05) is 13.8 Å². The molecule has 138 valence electrons. The van der Waals surface area contributed by atoms with Crippen molar-refractivity contribution < 1.29 is 19.1 Å². The van der Waals surface area contributed by atoms with E-state index >= 15 is 0 Å². The Morgan fingerprint density at radius 3 is 2.84 bits per heavy atom. The van der Waals surface area contributed by atoms with Gasteiger partial charge in [-0.05, 0) is 37.3 Å². The number of rotatable bonds is 6. The summed E-state index contributed by atoms with van der Waals surface area (Å²) in [6, 6.07) is 2.58. The van der Waals surface area contributed by atoms with Crippen LogP contribution in [0.1, 0.15) is 43.5 Å². The molecule has 1 aromatic rings. The number of carbonyl (C=O) groups is 2. The van der Waals surface area contributed by atoms with Gasteiger partial charge in [-0.3, -0.25) is 9.59 Å². The highest BCUT2D eigenvalue weighted by atomic mass is 35.5. The lowest BCUT2D eigenvalue weighted by molar-refractivity contribution is -0.122. The van der Waals surface area contributed by atoms with Crippen molar-refractivity contribution in [2.45, 2.75) is 39.2 Å². The van der Waals surface area contributed by atoms with E-state index in [1.54, 1.807) is 6.07 Å². The van der Waals surface area contributed by atoms with E-state index in [1.165, 1.54) is 13.2 Å². The van der Waals surface area contributed by atoms with Crippen LogP contribution in [-0.4, -0.2) is 38.1 Å². The number of hydrogen-bond acceptors (Lipinski definition) is 4. The zero-order valence-corrected chi connectivity index (χ0v) is 15.6. The molecule has 2 rings (SSSR count). The van der Waals surface area contributed by atoms with Crippen LogP contribution in [0, 0.1) is 5.92 Å². The first-order valence-electron chi connectivity index (χ1n) is 8.51. The Balaban J connectivity index is 2.16. The minimum absolute atomic E-state index is 0.152. The molecule has 1 aliphatic heterocycles. The van der Waals surface area contributed by atoms with Crippen molar-refractivity contribution in [3.8, 4) is 11.5 Å². The van der Waals surface area contributed by atoms with Gasteiger partial charge in [-0.1, -0.05) is 25.4 Å². The smallest absolute Gasteiger partial charge is 0.252 e. The standard InChI is InChI=1S/C18H25ClN2O4/c1-11(2)10-25-16-13(19)8-12(9-15(16)24-3)17(22)21-14-6-4-5-7-20-18(14)23/h8-9,11,14H,4-7,10H2,1-3H3,(H,20,23)(H,21,22). The molecule has 6 nitrogen and oxygen atoms in total. The highest BCUT2D eigenvalue weighted by Crippen LogP contribution is 2.36. The molecule has 1 fully saturated rings. The average molecular weight is 369 g/mol. The highest BCUT2D eigenvalue weighted by Gasteiger charge is 2.24. The van der Waals surface area contributed by atoms with E-state index in [2.05, 4.69) is 10.6 Å². The van der Waals surface area contributed by atoms with Gasteiger partial charge in [-0.15, -0.1) is 0 Å². The summed E-state index contributed by atoms with van der Waals surface area (Å²) in [6.45, 7) is 5.19. The largest absolute Gasteiger partial charge is 0.493 e. The Morgan fingerprint density at radius 1 is 1.40 bits per heavy atom. The summed E-state index contributed by atoms with van der Waals surface area (Å²) in [6.07, 6.45) is 2.42. The van der Waals surface area contributed by atoms with E-state index < -0.39 is 6.04 Å². The van der Waals surface area contributed by atoms with E-state index in [0.717, 1.165) is 12.8 Å². The molecule has 2 amide bonds. The summed E-state index contributed by atoms with van der Waals surface area (Å²) in [4.78, 5) is 24.5. The van der Waals surface area contributed by atoms with Crippen LogP contribution < -0.4 is 20.1 Å². The first-order chi connectivity index (χ1) is 11.9. The molecule has 1 aromatic carbocycles.